The smallest absolute Gasteiger partial charge is 0.164 e. The average molecular weight is 1170 g/mol. The maximum Gasteiger partial charge on any atom is 0.164 e. The molecule has 18 rings (SSSR count). The van der Waals surface area contributed by atoms with E-state index in [1.165, 1.54) is 66.8 Å². The molecule has 0 saturated carbocycles. The van der Waals surface area contributed by atoms with Crippen molar-refractivity contribution >= 4 is 0 Å². The molecule has 6 heteroatoms. The Bertz CT molecular complexity index is 4930. The van der Waals surface area contributed by atoms with Gasteiger partial charge < -0.3 is 0 Å². The Labute approximate surface area is 534 Å². The highest BCUT2D eigenvalue weighted by molar-refractivity contribution is 5.87. The van der Waals surface area contributed by atoms with Crippen LogP contribution in [0.1, 0.15) is 45.2 Å². The van der Waals surface area contributed by atoms with E-state index in [0.29, 0.717) is 34.9 Å². The molecule has 0 N–H and O–H groups in total. The van der Waals surface area contributed by atoms with Crippen molar-refractivity contribution < 1.29 is 0 Å². The van der Waals surface area contributed by atoms with Crippen LogP contribution in [0.4, 0.5) is 0 Å². The number of rotatable bonds is 12. The van der Waals surface area contributed by atoms with Crippen LogP contribution in [-0.2, 0) is 0 Å². The number of benzene rings is 13. The van der Waals surface area contributed by atoms with Crippen LogP contribution in [0.5, 0.6) is 0 Å². The largest absolute Gasteiger partial charge is 0.208 e. The zero-order chi connectivity index (χ0) is 60.9. The molecule has 2 bridgehead atoms. The SMILES string of the molecule is c1ccc(-c2nc(-c3ccc(-c4ccc5c(c4)C4c6ccccc6C5c5cc(-c6ccc(-c7nc(-c8ccccc8)nc(-c8cccc(-c9ccccc9-c9ccccc9)c8)n7)cc6)ccc54)cc3)nc(-c3cccc(-c4ccccc4-c4ccccc4)c3)n2)cc1. The Hall–Kier alpha value is -12.1. The van der Waals surface area contributed by atoms with E-state index < -0.39 is 0 Å². The van der Waals surface area contributed by atoms with Crippen LogP contribution >= 0.6 is 0 Å². The second kappa shape index (κ2) is 23.1. The van der Waals surface area contributed by atoms with E-state index in [1.807, 2.05) is 36.4 Å². The van der Waals surface area contributed by atoms with Crippen molar-refractivity contribution in [3.8, 4) is 135 Å². The van der Waals surface area contributed by atoms with E-state index in [4.69, 9.17) is 29.9 Å². The second-order valence-electron chi connectivity index (χ2n) is 23.7. The van der Waals surface area contributed by atoms with Gasteiger partial charge in [-0.05, 0) is 124 Å². The molecule has 6 nitrogen and oxygen atoms in total. The molecule has 3 aliphatic rings. The summed E-state index contributed by atoms with van der Waals surface area (Å²) in [5.41, 5.74) is 27.5. The van der Waals surface area contributed by atoms with E-state index in [1.54, 1.807) is 0 Å². The van der Waals surface area contributed by atoms with Crippen LogP contribution in [0.2, 0.25) is 0 Å². The predicted molar refractivity (Wildman–Crippen MR) is 373 cm³/mol. The van der Waals surface area contributed by atoms with Gasteiger partial charge in [0.1, 0.15) is 0 Å². The van der Waals surface area contributed by atoms with E-state index in [-0.39, 0.29) is 11.8 Å². The van der Waals surface area contributed by atoms with Gasteiger partial charge >= 0.3 is 0 Å². The first-order valence-electron chi connectivity index (χ1n) is 31.3. The second-order valence-corrected chi connectivity index (χ2v) is 23.7. The Balaban J connectivity index is 0.671. The van der Waals surface area contributed by atoms with Gasteiger partial charge in [-0.25, -0.2) is 29.9 Å². The maximum absolute atomic E-state index is 5.20. The molecule has 0 amide bonds. The fourth-order valence-corrected chi connectivity index (χ4v) is 13.8. The molecule has 2 aromatic heterocycles. The molecule has 2 atom stereocenters. The fourth-order valence-electron chi connectivity index (χ4n) is 13.8. The summed E-state index contributed by atoms with van der Waals surface area (Å²) in [5.74, 6) is 3.93. The number of nitrogens with zero attached hydrogens (tertiary/aromatic N) is 6. The van der Waals surface area contributed by atoms with E-state index in [0.717, 1.165) is 66.8 Å². The monoisotopic (exact) mass is 1170 g/mol. The predicted octanol–water partition coefficient (Wildman–Crippen LogP) is 21.0. The van der Waals surface area contributed by atoms with Gasteiger partial charge in [0.15, 0.2) is 34.9 Å². The van der Waals surface area contributed by atoms with Crippen molar-refractivity contribution in [3.05, 3.63) is 361 Å². The first-order valence-corrected chi connectivity index (χ1v) is 31.3. The zero-order valence-corrected chi connectivity index (χ0v) is 50.0. The van der Waals surface area contributed by atoms with Crippen LogP contribution in [0.15, 0.2) is 328 Å². The Morgan fingerprint density at radius 3 is 0.739 bits per heavy atom. The highest BCUT2D eigenvalue weighted by atomic mass is 15.0. The highest BCUT2D eigenvalue weighted by Gasteiger charge is 2.41. The van der Waals surface area contributed by atoms with Crippen LogP contribution < -0.4 is 0 Å². The number of hydrogen-bond donors (Lipinski definition) is 0. The molecule has 430 valence electrons. The van der Waals surface area contributed by atoms with E-state index in [9.17, 15) is 0 Å². The van der Waals surface area contributed by atoms with Crippen molar-refractivity contribution in [1.82, 2.24) is 29.9 Å². The summed E-state index contributed by atoms with van der Waals surface area (Å²) in [6, 6.07) is 116. The van der Waals surface area contributed by atoms with Gasteiger partial charge in [0.25, 0.3) is 0 Å². The summed E-state index contributed by atoms with van der Waals surface area (Å²) in [7, 11) is 0. The quantitative estimate of drug-likeness (QED) is 0.121. The summed E-state index contributed by atoms with van der Waals surface area (Å²) in [5, 5.41) is 0. The highest BCUT2D eigenvalue weighted by Crippen LogP contribution is 2.57. The van der Waals surface area contributed by atoms with Crippen molar-refractivity contribution in [2.45, 2.75) is 11.8 Å². The van der Waals surface area contributed by atoms with Crippen LogP contribution in [0.25, 0.3) is 135 Å². The summed E-state index contributed by atoms with van der Waals surface area (Å²) in [4.78, 5) is 30.9. The van der Waals surface area contributed by atoms with Crippen molar-refractivity contribution in [3.63, 3.8) is 0 Å². The standard InChI is InChI=1S/C86H56N6/c1-5-21-57(22-6-1)69-33-13-15-35-71(69)65-29-19-31-67(51-65)85-89-81(59-25-9-3-10-26-59)87-83(91-85)61-43-39-55(40-44-61)63-47-49-75-77(53-63)79-73-37-17-18-38-74(73)80(75)78-54-64(48-50-76(78)79)56-41-45-62(46-42-56)84-88-82(60-27-11-4-12-28-60)90-86(92-84)68-32-20-30-66(52-68)72-36-16-14-34-70(72)58-23-7-2-8-24-58/h1-54,79-80H. The third-order valence-corrected chi connectivity index (χ3v) is 18.2. The first kappa shape index (κ1) is 54.1. The third-order valence-electron chi connectivity index (χ3n) is 18.2. The Kier molecular flexibility index (Phi) is 13.6. The van der Waals surface area contributed by atoms with Crippen molar-refractivity contribution in [1.29, 1.82) is 0 Å². The summed E-state index contributed by atoms with van der Waals surface area (Å²) < 4.78 is 0. The van der Waals surface area contributed by atoms with Crippen molar-refractivity contribution in [2.75, 3.05) is 0 Å². The summed E-state index contributed by atoms with van der Waals surface area (Å²) >= 11 is 0. The third kappa shape index (κ3) is 9.97. The minimum absolute atomic E-state index is 0.0957. The van der Waals surface area contributed by atoms with Gasteiger partial charge in [-0.15, -0.1) is 0 Å². The molecule has 92 heavy (non-hydrogen) atoms. The summed E-state index contributed by atoms with van der Waals surface area (Å²) in [6.07, 6.45) is 0. The van der Waals surface area contributed by atoms with E-state index >= 15 is 0 Å². The topological polar surface area (TPSA) is 77.3 Å². The molecular formula is C86H56N6. The minimum Gasteiger partial charge on any atom is -0.208 e. The molecule has 3 aliphatic carbocycles. The maximum atomic E-state index is 5.20. The lowest BCUT2D eigenvalue weighted by Crippen LogP contribution is -2.27. The van der Waals surface area contributed by atoms with Gasteiger partial charge in [-0.1, -0.05) is 303 Å². The molecule has 0 spiro atoms. The lowest BCUT2D eigenvalue weighted by Gasteiger charge is -2.42. The average Bonchev–Trinajstić information content (AvgIpc) is 0.706. The molecule has 0 fully saturated rings. The molecule has 2 unspecified atom stereocenters. The normalized spacial score (nSPS) is 13.4. The number of aromatic nitrogens is 6. The van der Waals surface area contributed by atoms with Crippen LogP contribution in [0.3, 0.4) is 0 Å². The molecule has 15 aromatic rings. The van der Waals surface area contributed by atoms with Crippen molar-refractivity contribution in [2.24, 2.45) is 0 Å². The minimum atomic E-state index is 0.0957. The first-order chi connectivity index (χ1) is 45.6. The molecule has 0 aliphatic heterocycles. The summed E-state index contributed by atoms with van der Waals surface area (Å²) in [6.45, 7) is 0. The zero-order valence-electron chi connectivity index (χ0n) is 50.0. The van der Waals surface area contributed by atoms with Gasteiger partial charge in [-0.2, -0.15) is 0 Å². The number of hydrogen-bond acceptors (Lipinski definition) is 6. The molecule has 2 heterocycles. The lowest BCUT2D eigenvalue weighted by atomic mass is 9.60. The fraction of sp³-hybridized carbons (Fsp3) is 0.0233. The molecule has 0 radical (unpaired) electrons. The van der Waals surface area contributed by atoms with Gasteiger partial charge in [0.2, 0.25) is 0 Å². The molecule has 13 aromatic carbocycles. The van der Waals surface area contributed by atoms with Gasteiger partial charge in [0.05, 0.1) is 0 Å². The Morgan fingerprint density at radius 2 is 0.380 bits per heavy atom. The lowest BCUT2D eigenvalue weighted by molar-refractivity contribution is 0.755. The van der Waals surface area contributed by atoms with Gasteiger partial charge in [-0.3, -0.25) is 0 Å². The molecule has 0 saturated heterocycles. The molecular weight excluding hydrogens is 1120 g/mol. The van der Waals surface area contributed by atoms with Crippen LogP contribution in [-0.4, -0.2) is 29.9 Å². The van der Waals surface area contributed by atoms with Gasteiger partial charge in [0, 0.05) is 45.2 Å². The van der Waals surface area contributed by atoms with E-state index in [2.05, 4.69) is 291 Å². The van der Waals surface area contributed by atoms with Crippen LogP contribution in [0, 0.1) is 0 Å². The Morgan fingerprint density at radius 1 is 0.141 bits per heavy atom.